The van der Waals surface area contributed by atoms with Crippen molar-refractivity contribution in [2.75, 3.05) is 26.2 Å². The summed E-state index contributed by atoms with van der Waals surface area (Å²) in [6, 6.07) is 7.36. The Labute approximate surface area is 160 Å². The van der Waals surface area contributed by atoms with Crippen LogP contribution in [0.1, 0.15) is 20.3 Å². The van der Waals surface area contributed by atoms with E-state index < -0.39 is 0 Å². The fraction of sp³-hybridized carbons (Fsp3) is 0.562. The number of nitrogens with zero attached hydrogens (tertiary/aromatic N) is 2. The summed E-state index contributed by atoms with van der Waals surface area (Å²) in [7, 11) is 0. The monoisotopic (exact) mass is 453 g/mol. The van der Waals surface area contributed by atoms with Crippen LogP contribution >= 0.6 is 35.6 Å². The predicted octanol–water partition coefficient (Wildman–Crippen LogP) is 2.76. The molecular weight excluding hydrogens is 429 g/mol. The van der Waals surface area contributed by atoms with Gasteiger partial charge >= 0.3 is 0 Å². The van der Waals surface area contributed by atoms with Crippen molar-refractivity contribution in [1.29, 1.82) is 0 Å². The number of aliphatic hydroxyl groups is 1. The summed E-state index contributed by atoms with van der Waals surface area (Å²) < 4.78 is 5.82. The average molecular weight is 454 g/mol. The smallest absolute Gasteiger partial charge is 0.194 e. The zero-order valence-corrected chi connectivity index (χ0v) is 16.6. The van der Waals surface area contributed by atoms with Crippen LogP contribution in [0.2, 0.25) is 5.02 Å². The van der Waals surface area contributed by atoms with Gasteiger partial charge in [0.15, 0.2) is 5.96 Å². The van der Waals surface area contributed by atoms with E-state index in [1.165, 1.54) is 0 Å². The number of benzene rings is 1. The van der Waals surface area contributed by atoms with Crippen LogP contribution in [0.4, 0.5) is 0 Å². The largest absolute Gasteiger partial charge is 0.489 e. The fourth-order valence-corrected chi connectivity index (χ4v) is 2.57. The Morgan fingerprint density at radius 2 is 2.35 bits per heavy atom. The number of nitrogens with one attached hydrogen (secondary N) is 1. The van der Waals surface area contributed by atoms with Crippen LogP contribution in [0.25, 0.3) is 0 Å². The topological polar surface area (TPSA) is 57.1 Å². The highest BCUT2D eigenvalue weighted by atomic mass is 127. The third-order valence-electron chi connectivity index (χ3n) is 3.43. The van der Waals surface area contributed by atoms with Crippen molar-refractivity contribution in [1.82, 2.24) is 10.2 Å². The van der Waals surface area contributed by atoms with E-state index in [4.69, 9.17) is 16.3 Å². The maximum absolute atomic E-state index is 9.65. The molecule has 5 nitrogen and oxygen atoms in total. The number of rotatable bonds is 5. The van der Waals surface area contributed by atoms with E-state index in [0.29, 0.717) is 18.1 Å². The lowest BCUT2D eigenvalue weighted by molar-refractivity contribution is 0.187. The van der Waals surface area contributed by atoms with Gasteiger partial charge < -0.3 is 20.1 Å². The Kier molecular flexibility index (Phi) is 9.01. The van der Waals surface area contributed by atoms with E-state index >= 15 is 0 Å². The number of likely N-dealkylation sites (tertiary alicyclic amines) is 1. The van der Waals surface area contributed by atoms with Gasteiger partial charge in [-0.3, -0.25) is 0 Å². The molecule has 1 aliphatic heterocycles. The molecular formula is C16H25ClIN3O2. The van der Waals surface area contributed by atoms with E-state index in [1.54, 1.807) is 6.07 Å². The molecule has 23 heavy (non-hydrogen) atoms. The third-order valence-corrected chi connectivity index (χ3v) is 3.66. The summed E-state index contributed by atoms with van der Waals surface area (Å²) >= 11 is 5.95. The van der Waals surface area contributed by atoms with Crippen LogP contribution in [0.5, 0.6) is 5.75 Å². The molecule has 0 radical (unpaired) electrons. The molecule has 0 spiro atoms. The Hall–Kier alpha value is -0.730. The standard InChI is InChI=1S/C16H24ClN3O2.HI/c1-3-18-16(20-8-7-14(21)11-20)19-10-12(2)22-15-6-4-5-13(17)9-15;/h4-6,9,12,14,21H,3,7-8,10-11H2,1-2H3,(H,18,19);1H/t12?,14-;/m1./s1. The summed E-state index contributed by atoms with van der Waals surface area (Å²) in [6.07, 6.45) is 0.475. The molecule has 1 fully saturated rings. The minimum absolute atomic E-state index is 0. The maximum atomic E-state index is 9.65. The molecule has 0 aromatic heterocycles. The van der Waals surface area contributed by atoms with Crippen LogP contribution in [0.15, 0.2) is 29.3 Å². The number of ether oxygens (including phenoxy) is 1. The maximum Gasteiger partial charge on any atom is 0.194 e. The zero-order chi connectivity index (χ0) is 15.9. The second-order valence-electron chi connectivity index (χ2n) is 5.47. The fourth-order valence-electron chi connectivity index (χ4n) is 2.38. The van der Waals surface area contributed by atoms with Gasteiger partial charge in [-0.1, -0.05) is 17.7 Å². The number of aliphatic hydroxyl groups excluding tert-OH is 1. The van der Waals surface area contributed by atoms with Crippen LogP contribution < -0.4 is 10.1 Å². The molecule has 1 aliphatic rings. The first-order valence-corrected chi connectivity index (χ1v) is 8.09. The molecule has 1 aromatic carbocycles. The van der Waals surface area contributed by atoms with Gasteiger partial charge in [0.05, 0.1) is 12.6 Å². The number of halogens is 2. The second-order valence-corrected chi connectivity index (χ2v) is 5.91. The minimum atomic E-state index is -0.260. The van der Waals surface area contributed by atoms with Crippen LogP contribution in [0, 0.1) is 0 Å². The highest BCUT2D eigenvalue weighted by molar-refractivity contribution is 14.0. The summed E-state index contributed by atoms with van der Waals surface area (Å²) in [5.74, 6) is 1.58. The molecule has 1 aromatic rings. The van der Waals surface area contributed by atoms with Gasteiger partial charge in [0.25, 0.3) is 0 Å². The lowest BCUT2D eigenvalue weighted by Gasteiger charge is -2.22. The van der Waals surface area contributed by atoms with Gasteiger partial charge in [0, 0.05) is 24.7 Å². The number of hydrogen-bond donors (Lipinski definition) is 2. The summed E-state index contributed by atoms with van der Waals surface area (Å²) in [4.78, 5) is 6.69. The molecule has 1 unspecified atom stereocenters. The molecule has 7 heteroatoms. The number of hydrogen-bond acceptors (Lipinski definition) is 3. The van der Waals surface area contributed by atoms with Crippen molar-refractivity contribution in [2.45, 2.75) is 32.5 Å². The molecule has 1 saturated heterocycles. The molecule has 0 aliphatic carbocycles. The zero-order valence-electron chi connectivity index (χ0n) is 13.5. The lowest BCUT2D eigenvalue weighted by atomic mass is 10.3. The lowest BCUT2D eigenvalue weighted by Crippen LogP contribution is -2.41. The van der Waals surface area contributed by atoms with E-state index in [9.17, 15) is 5.11 Å². The van der Waals surface area contributed by atoms with Crippen molar-refractivity contribution < 1.29 is 9.84 Å². The van der Waals surface area contributed by atoms with Crippen molar-refractivity contribution >= 4 is 41.5 Å². The number of guanidine groups is 1. The molecule has 2 N–H and O–H groups in total. The SMILES string of the molecule is CCNC(=NCC(C)Oc1cccc(Cl)c1)N1CC[C@@H](O)C1.I. The summed E-state index contributed by atoms with van der Waals surface area (Å²) in [6.45, 7) is 6.82. The second kappa shape index (κ2) is 10.2. The number of aliphatic imine (C=N–C) groups is 1. The minimum Gasteiger partial charge on any atom is -0.489 e. The summed E-state index contributed by atoms with van der Waals surface area (Å²) in [5.41, 5.74) is 0. The van der Waals surface area contributed by atoms with E-state index in [-0.39, 0.29) is 36.2 Å². The molecule has 0 bridgehead atoms. The van der Waals surface area contributed by atoms with Gasteiger partial charge in [-0.25, -0.2) is 4.99 Å². The molecule has 1 heterocycles. The van der Waals surface area contributed by atoms with E-state index in [1.807, 2.05) is 32.0 Å². The highest BCUT2D eigenvalue weighted by Crippen LogP contribution is 2.18. The molecule has 0 amide bonds. The van der Waals surface area contributed by atoms with Gasteiger partial charge in [0.1, 0.15) is 11.9 Å². The van der Waals surface area contributed by atoms with Gasteiger partial charge in [-0.05, 0) is 38.5 Å². The Morgan fingerprint density at radius 3 is 2.96 bits per heavy atom. The summed E-state index contributed by atoms with van der Waals surface area (Å²) in [5, 5.41) is 13.6. The van der Waals surface area contributed by atoms with Crippen LogP contribution in [-0.2, 0) is 0 Å². The quantitative estimate of drug-likeness (QED) is 0.409. The van der Waals surface area contributed by atoms with Gasteiger partial charge in [-0.2, -0.15) is 0 Å². The van der Waals surface area contributed by atoms with Crippen molar-refractivity contribution in [2.24, 2.45) is 4.99 Å². The van der Waals surface area contributed by atoms with Crippen molar-refractivity contribution in [3.63, 3.8) is 0 Å². The normalized spacial score (nSPS) is 19.2. The molecule has 2 rings (SSSR count). The Balaban J connectivity index is 0.00000264. The van der Waals surface area contributed by atoms with Gasteiger partial charge in [-0.15, -0.1) is 24.0 Å². The third kappa shape index (κ3) is 6.73. The molecule has 2 atom stereocenters. The Morgan fingerprint density at radius 1 is 1.57 bits per heavy atom. The van der Waals surface area contributed by atoms with E-state index in [2.05, 4.69) is 15.2 Å². The first kappa shape index (κ1) is 20.3. The van der Waals surface area contributed by atoms with Crippen molar-refractivity contribution in [3.8, 4) is 5.75 Å². The predicted molar refractivity (Wildman–Crippen MR) is 105 cm³/mol. The highest BCUT2D eigenvalue weighted by Gasteiger charge is 2.22. The van der Waals surface area contributed by atoms with Crippen molar-refractivity contribution in [3.05, 3.63) is 29.3 Å². The molecule has 130 valence electrons. The first-order chi connectivity index (χ1) is 10.6. The number of β-amino-alcohol motifs (C(OH)–C–C–N with tert-alkyl or cyclic N) is 1. The first-order valence-electron chi connectivity index (χ1n) is 7.72. The van der Waals surface area contributed by atoms with E-state index in [0.717, 1.165) is 31.2 Å². The van der Waals surface area contributed by atoms with Gasteiger partial charge in [0.2, 0.25) is 0 Å². The average Bonchev–Trinajstić information content (AvgIpc) is 2.90. The van der Waals surface area contributed by atoms with Crippen LogP contribution in [-0.4, -0.2) is 54.4 Å². The molecule has 0 saturated carbocycles. The van der Waals surface area contributed by atoms with Crippen LogP contribution in [0.3, 0.4) is 0 Å². The Bertz CT molecular complexity index is 516.